The minimum absolute atomic E-state index is 0.0222. The van der Waals surface area contributed by atoms with Crippen molar-refractivity contribution < 1.29 is 4.39 Å². The maximum Gasteiger partial charge on any atom is 0.141 e. The SMILES string of the molecule is CC1(C(NN)c2cncc(F)c2)CCCCC1. The highest BCUT2D eigenvalue weighted by Gasteiger charge is 2.36. The zero-order valence-electron chi connectivity index (χ0n) is 10.2. The van der Waals surface area contributed by atoms with Crippen molar-refractivity contribution in [3.8, 4) is 0 Å². The lowest BCUT2D eigenvalue weighted by atomic mass is 9.69. The summed E-state index contributed by atoms with van der Waals surface area (Å²) in [7, 11) is 0. The van der Waals surface area contributed by atoms with Gasteiger partial charge < -0.3 is 0 Å². The molecule has 0 spiro atoms. The molecule has 17 heavy (non-hydrogen) atoms. The van der Waals surface area contributed by atoms with E-state index in [4.69, 9.17) is 5.84 Å². The maximum atomic E-state index is 13.2. The van der Waals surface area contributed by atoms with Gasteiger partial charge in [0.1, 0.15) is 5.82 Å². The molecule has 0 saturated heterocycles. The molecule has 4 heteroatoms. The van der Waals surface area contributed by atoms with Gasteiger partial charge in [-0.15, -0.1) is 0 Å². The van der Waals surface area contributed by atoms with Gasteiger partial charge in [0.15, 0.2) is 0 Å². The number of rotatable bonds is 3. The minimum atomic E-state index is -0.304. The van der Waals surface area contributed by atoms with E-state index in [1.165, 1.54) is 31.5 Å². The summed E-state index contributed by atoms with van der Waals surface area (Å²) >= 11 is 0. The van der Waals surface area contributed by atoms with E-state index in [0.29, 0.717) is 0 Å². The summed E-state index contributed by atoms with van der Waals surface area (Å²) in [5, 5.41) is 0. The number of aromatic nitrogens is 1. The van der Waals surface area contributed by atoms with E-state index < -0.39 is 0 Å². The zero-order valence-corrected chi connectivity index (χ0v) is 10.2. The number of nitrogens with zero attached hydrogens (tertiary/aromatic N) is 1. The molecule has 0 bridgehead atoms. The van der Waals surface area contributed by atoms with Crippen molar-refractivity contribution in [3.63, 3.8) is 0 Å². The summed E-state index contributed by atoms with van der Waals surface area (Å²) < 4.78 is 13.2. The summed E-state index contributed by atoms with van der Waals surface area (Å²) in [6.07, 6.45) is 8.90. The Kier molecular flexibility index (Phi) is 3.74. The summed E-state index contributed by atoms with van der Waals surface area (Å²) in [6, 6.07) is 1.50. The van der Waals surface area contributed by atoms with Crippen LogP contribution in [0.5, 0.6) is 0 Å². The predicted octanol–water partition coefficient (Wildman–Crippen LogP) is 2.70. The van der Waals surface area contributed by atoms with Gasteiger partial charge >= 0.3 is 0 Å². The Morgan fingerprint density at radius 2 is 2.06 bits per heavy atom. The van der Waals surface area contributed by atoms with Gasteiger partial charge in [-0.25, -0.2) is 4.39 Å². The maximum absolute atomic E-state index is 13.2. The van der Waals surface area contributed by atoms with E-state index in [1.807, 2.05) is 0 Å². The van der Waals surface area contributed by atoms with Gasteiger partial charge in [-0.1, -0.05) is 26.2 Å². The third-order valence-electron chi connectivity index (χ3n) is 3.92. The predicted molar refractivity (Wildman–Crippen MR) is 65.5 cm³/mol. The molecule has 1 heterocycles. The van der Waals surface area contributed by atoms with Gasteiger partial charge in [-0.05, 0) is 29.9 Å². The van der Waals surface area contributed by atoms with Crippen molar-refractivity contribution in [1.82, 2.24) is 10.4 Å². The smallest absolute Gasteiger partial charge is 0.141 e. The number of hydrogen-bond acceptors (Lipinski definition) is 3. The van der Waals surface area contributed by atoms with Gasteiger partial charge in [0.2, 0.25) is 0 Å². The van der Waals surface area contributed by atoms with Crippen LogP contribution >= 0.6 is 0 Å². The van der Waals surface area contributed by atoms with Crippen LogP contribution in [0.1, 0.15) is 50.6 Å². The van der Waals surface area contributed by atoms with Crippen LogP contribution in [0.4, 0.5) is 4.39 Å². The molecule has 1 aromatic rings. The first kappa shape index (κ1) is 12.5. The van der Waals surface area contributed by atoms with Crippen LogP contribution in [0.3, 0.4) is 0 Å². The van der Waals surface area contributed by atoms with Crippen molar-refractivity contribution in [2.24, 2.45) is 11.3 Å². The number of nitrogens with one attached hydrogen (secondary N) is 1. The summed E-state index contributed by atoms with van der Waals surface area (Å²) in [4.78, 5) is 3.91. The summed E-state index contributed by atoms with van der Waals surface area (Å²) in [5.74, 6) is 5.37. The van der Waals surface area contributed by atoms with E-state index in [0.717, 1.165) is 18.4 Å². The standard InChI is InChI=1S/C13H20FN3/c1-13(5-3-2-4-6-13)12(17-15)10-7-11(14)9-16-8-10/h7-9,12,17H,2-6,15H2,1H3. The van der Waals surface area contributed by atoms with Crippen LogP contribution in [0, 0.1) is 11.2 Å². The molecule has 94 valence electrons. The summed E-state index contributed by atoms with van der Waals surface area (Å²) in [6.45, 7) is 2.22. The molecule has 1 unspecified atom stereocenters. The molecule has 1 aromatic heterocycles. The second-order valence-corrected chi connectivity index (χ2v) is 5.25. The normalized spacial score (nSPS) is 21.1. The minimum Gasteiger partial charge on any atom is -0.271 e. The van der Waals surface area contributed by atoms with E-state index in [2.05, 4.69) is 17.3 Å². The van der Waals surface area contributed by atoms with Crippen LogP contribution in [-0.4, -0.2) is 4.98 Å². The van der Waals surface area contributed by atoms with Gasteiger partial charge in [0.25, 0.3) is 0 Å². The second-order valence-electron chi connectivity index (χ2n) is 5.25. The van der Waals surface area contributed by atoms with Crippen molar-refractivity contribution in [2.45, 2.75) is 45.1 Å². The van der Waals surface area contributed by atoms with E-state index >= 15 is 0 Å². The average molecular weight is 237 g/mol. The molecule has 0 radical (unpaired) electrons. The Morgan fingerprint density at radius 1 is 1.35 bits per heavy atom. The lowest BCUT2D eigenvalue weighted by molar-refractivity contribution is 0.144. The fraction of sp³-hybridized carbons (Fsp3) is 0.615. The average Bonchev–Trinajstić information content (AvgIpc) is 2.30. The Bertz CT molecular complexity index is 375. The molecule has 3 N–H and O–H groups in total. The summed E-state index contributed by atoms with van der Waals surface area (Å²) in [5.41, 5.74) is 3.79. The van der Waals surface area contributed by atoms with Crippen LogP contribution in [0.15, 0.2) is 18.5 Å². The monoisotopic (exact) mass is 237 g/mol. The Balaban J connectivity index is 2.26. The molecule has 1 aliphatic rings. The Hall–Kier alpha value is -1.00. The van der Waals surface area contributed by atoms with Crippen LogP contribution in [0.25, 0.3) is 0 Å². The molecule has 0 amide bonds. The molecule has 0 aromatic carbocycles. The Morgan fingerprint density at radius 3 is 2.65 bits per heavy atom. The molecule has 0 aliphatic heterocycles. The van der Waals surface area contributed by atoms with Crippen LogP contribution in [-0.2, 0) is 0 Å². The zero-order chi connectivity index (χ0) is 12.3. The lowest BCUT2D eigenvalue weighted by Crippen LogP contribution is -2.41. The number of hydrazine groups is 1. The highest BCUT2D eigenvalue weighted by Crippen LogP contribution is 2.45. The topological polar surface area (TPSA) is 50.9 Å². The van der Waals surface area contributed by atoms with Gasteiger partial charge in [-0.3, -0.25) is 16.3 Å². The number of hydrogen-bond donors (Lipinski definition) is 2. The second kappa shape index (κ2) is 5.10. The van der Waals surface area contributed by atoms with E-state index in [-0.39, 0.29) is 17.3 Å². The molecule has 1 fully saturated rings. The lowest BCUT2D eigenvalue weighted by Gasteiger charge is -2.40. The third-order valence-corrected chi connectivity index (χ3v) is 3.92. The highest BCUT2D eigenvalue weighted by molar-refractivity contribution is 5.18. The molecule has 1 aliphatic carbocycles. The van der Waals surface area contributed by atoms with E-state index in [9.17, 15) is 4.39 Å². The third kappa shape index (κ3) is 2.64. The van der Waals surface area contributed by atoms with Crippen molar-refractivity contribution in [3.05, 3.63) is 29.8 Å². The molecular weight excluding hydrogens is 217 g/mol. The quantitative estimate of drug-likeness (QED) is 0.627. The number of pyridine rings is 1. The molecule has 1 saturated carbocycles. The van der Waals surface area contributed by atoms with Gasteiger partial charge in [-0.2, -0.15) is 0 Å². The molecule has 2 rings (SSSR count). The van der Waals surface area contributed by atoms with Crippen LogP contribution in [0.2, 0.25) is 0 Å². The first-order chi connectivity index (χ1) is 8.15. The number of halogens is 1. The van der Waals surface area contributed by atoms with Gasteiger partial charge in [0.05, 0.1) is 12.2 Å². The molecule has 1 atom stereocenters. The van der Waals surface area contributed by atoms with Crippen LogP contribution < -0.4 is 11.3 Å². The Labute approximate surface area is 102 Å². The molecular formula is C13H20FN3. The van der Waals surface area contributed by atoms with Crippen molar-refractivity contribution in [2.75, 3.05) is 0 Å². The van der Waals surface area contributed by atoms with Gasteiger partial charge in [0, 0.05) is 6.20 Å². The first-order valence-corrected chi connectivity index (χ1v) is 6.22. The fourth-order valence-corrected chi connectivity index (χ4v) is 2.93. The highest BCUT2D eigenvalue weighted by atomic mass is 19.1. The first-order valence-electron chi connectivity index (χ1n) is 6.22. The molecule has 3 nitrogen and oxygen atoms in total. The van der Waals surface area contributed by atoms with Crippen molar-refractivity contribution in [1.29, 1.82) is 0 Å². The van der Waals surface area contributed by atoms with E-state index in [1.54, 1.807) is 6.20 Å². The fourth-order valence-electron chi connectivity index (χ4n) is 2.93. The number of nitrogens with two attached hydrogens (primary N) is 1. The largest absolute Gasteiger partial charge is 0.271 e. The van der Waals surface area contributed by atoms with Crippen molar-refractivity contribution >= 4 is 0 Å².